The molecular weight excluding hydrogens is 228 g/mol. The highest BCUT2D eigenvalue weighted by molar-refractivity contribution is 5.85. The monoisotopic (exact) mass is 250 g/mol. The smallest absolute Gasteiger partial charge is 0.410 e. The maximum atomic E-state index is 11.8. The molecule has 1 N–H and O–H groups in total. The number of halogens is 1. The van der Waals surface area contributed by atoms with E-state index in [9.17, 15) is 4.79 Å². The topological polar surface area (TPSA) is 41.6 Å². The summed E-state index contributed by atoms with van der Waals surface area (Å²) in [6.07, 6.45) is -0.205. The van der Waals surface area contributed by atoms with E-state index in [1.165, 1.54) is 0 Å². The quantitative estimate of drug-likeness (QED) is 0.715. The number of nitrogens with zero attached hydrogens (tertiary/aromatic N) is 1. The van der Waals surface area contributed by atoms with Crippen LogP contribution in [-0.4, -0.2) is 41.8 Å². The van der Waals surface area contributed by atoms with Crippen LogP contribution < -0.4 is 5.32 Å². The van der Waals surface area contributed by atoms with Gasteiger partial charge in [-0.25, -0.2) is 4.79 Å². The highest BCUT2D eigenvalue weighted by Gasteiger charge is 2.29. The van der Waals surface area contributed by atoms with Gasteiger partial charge in [0, 0.05) is 25.2 Å². The molecule has 1 aliphatic heterocycles. The first-order valence-electron chi connectivity index (χ1n) is 5.52. The SMILES string of the molecule is C[C@@H]1CN(C(=O)OC(C)(C)C)[C@@H](C)CN1.Cl. The predicted molar refractivity (Wildman–Crippen MR) is 67.1 cm³/mol. The van der Waals surface area contributed by atoms with Crippen molar-refractivity contribution in [3.63, 3.8) is 0 Å². The fourth-order valence-corrected chi connectivity index (χ4v) is 1.60. The van der Waals surface area contributed by atoms with Crippen molar-refractivity contribution in [2.24, 2.45) is 0 Å². The van der Waals surface area contributed by atoms with Gasteiger partial charge in [0.1, 0.15) is 5.60 Å². The minimum absolute atomic E-state index is 0. The molecule has 0 spiro atoms. The Hall–Kier alpha value is -0.480. The molecule has 1 fully saturated rings. The van der Waals surface area contributed by atoms with Gasteiger partial charge in [-0.15, -0.1) is 12.4 Å². The van der Waals surface area contributed by atoms with Crippen LogP contribution in [-0.2, 0) is 4.74 Å². The molecule has 0 radical (unpaired) electrons. The molecule has 4 nitrogen and oxygen atoms in total. The lowest BCUT2D eigenvalue weighted by molar-refractivity contribution is 0.0104. The minimum atomic E-state index is -0.412. The maximum Gasteiger partial charge on any atom is 0.410 e. The van der Waals surface area contributed by atoms with E-state index < -0.39 is 5.60 Å². The molecule has 0 aromatic carbocycles. The molecular formula is C11H23ClN2O2. The number of rotatable bonds is 0. The number of nitrogens with one attached hydrogen (secondary N) is 1. The lowest BCUT2D eigenvalue weighted by Gasteiger charge is -2.38. The summed E-state index contributed by atoms with van der Waals surface area (Å²) in [5.41, 5.74) is -0.412. The first-order valence-corrected chi connectivity index (χ1v) is 5.52. The van der Waals surface area contributed by atoms with E-state index >= 15 is 0 Å². The second kappa shape index (κ2) is 5.73. The van der Waals surface area contributed by atoms with Crippen LogP contribution in [0.25, 0.3) is 0 Å². The summed E-state index contributed by atoms with van der Waals surface area (Å²) in [7, 11) is 0. The average Bonchev–Trinajstić information content (AvgIpc) is 2.06. The molecule has 16 heavy (non-hydrogen) atoms. The molecule has 2 atom stereocenters. The number of amides is 1. The van der Waals surface area contributed by atoms with Crippen molar-refractivity contribution in [3.8, 4) is 0 Å². The Kier molecular flexibility index (Phi) is 5.56. The number of hydrogen-bond acceptors (Lipinski definition) is 3. The number of ether oxygens (including phenoxy) is 1. The van der Waals surface area contributed by atoms with Gasteiger partial charge in [0.25, 0.3) is 0 Å². The number of hydrogen-bond donors (Lipinski definition) is 1. The summed E-state index contributed by atoms with van der Waals surface area (Å²) in [6, 6.07) is 0.546. The van der Waals surface area contributed by atoms with E-state index in [-0.39, 0.29) is 24.5 Å². The zero-order valence-corrected chi connectivity index (χ0v) is 11.6. The van der Waals surface area contributed by atoms with Crippen LogP contribution in [0.2, 0.25) is 0 Å². The number of carbonyl (C=O) groups is 1. The van der Waals surface area contributed by atoms with Gasteiger partial charge in [-0.1, -0.05) is 0 Å². The Morgan fingerprint density at radius 2 is 1.94 bits per heavy atom. The second-order valence-electron chi connectivity index (χ2n) is 5.29. The third-order valence-electron chi connectivity index (χ3n) is 2.39. The number of piperazine rings is 1. The molecule has 0 aliphatic carbocycles. The van der Waals surface area contributed by atoms with Crippen LogP contribution >= 0.6 is 12.4 Å². The van der Waals surface area contributed by atoms with Crippen LogP contribution in [0.4, 0.5) is 4.79 Å². The van der Waals surface area contributed by atoms with Gasteiger partial charge in [-0.05, 0) is 34.6 Å². The minimum Gasteiger partial charge on any atom is -0.444 e. The lowest BCUT2D eigenvalue weighted by Crippen LogP contribution is -2.57. The molecule has 1 aliphatic rings. The Morgan fingerprint density at radius 1 is 1.38 bits per heavy atom. The maximum absolute atomic E-state index is 11.8. The summed E-state index contributed by atoms with van der Waals surface area (Å²) in [5, 5.41) is 3.33. The Morgan fingerprint density at radius 3 is 2.44 bits per heavy atom. The van der Waals surface area contributed by atoms with Gasteiger partial charge in [0.15, 0.2) is 0 Å². The van der Waals surface area contributed by atoms with Crippen molar-refractivity contribution < 1.29 is 9.53 Å². The van der Waals surface area contributed by atoms with Crippen LogP contribution in [0, 0.1) is 0 Å². The Balaban J connectivity index is 0.00000225. The van der Waals surface area contributed by atoms with Gasteiger partial charge < -0.3 is 15.0 Å². The first-order chi connectivity index (χ1) is 6.79. The van der Waals surface area contributed by atoms with Gasteiger partial charge in [-0.2, -0.15) is 0 Å². The standard InChI is InChI=1S/C11H22N2O2.ClH/c1-8-7-13(9(2)6-12-8)10(14)15-11(3,4)5;/h8-9,12H,6-7H2,1-5H3;1H/t8-,9+;/m1./s1. The van der Waals surface area contributed by atoms with Crippen molar-refractivity contribution in [1.29, 1.82) is 0 Å². The summed E-state index contributed by atoms with van der Waals surface area (Å²) in [5.74, 6) is 0. The van der Waals surface area contributed by atoms with Crippen molar-refractivity contribution in [2.75, 3.05) is 13.1 Å². The van der Waals surface area contributed by atoms with Crippen molar-refractivity contribution in [1.82, 2.24) is 10.2 Å². The fraction of sp³-hybridized carbons (Fsp3) is 0.909. The highest BCUT2D eigenvalue weighted by atomic mass is 35.5. The normalized spacial score (nSPS) is 25.9. The van der Waals surface area contributed by atoms with Crippen LogP contribution in [0.1, 0.15) is 34.6 Å². The molecule has 1 rings (SSSR count). The molecule has 1 amide bonds. The molecule has 0 aromatic rings. The lowest BCUT2D eigenvalue weighted by atomic mass is 10.1. The van der Waals surface area contributed by atoms with Gasteiger partial charge in [0.05, 0.1) is 0 Å². The molecule has 0 bridgehead atoms. The molecule has 0 aromatic heterocycles. The van der Waals surface area contributed by atoms with E-state index in [0.717, 1.165) is 13.1 Å². The molecule has 0 unspecified atom stereocenters. The van der Waals surface area contributed by atoms with Gasteiger partial charge in [-0.3, -0.25) is 0 Å². The second-order valence-corrected chi connectivity index (χ2v) is 5.29. The highest BCUT2D eigenvalue weighted by Crippen LogP contribution is 2.14. The van der Waals surface area contributed by atoms with Crippen LogP contribution in [0.15, 0.2) is 0 Å². The largest absolute Gasteiger partial charge is 0.444 e. The van der Waals surface area contributed by atoms with Crippen molar-refractivity contribution in [3.05, 3.63) is 0 Å². The Bertz CT molecular complexity index is 241. The van der Waals surface area contributed by atoms with E-state index in [0.29, 0.717) is 6.04 Å². The average molecular weight is 251 g/mol. The fourth-order valence-electron chi connectivity index (χ4n) is 1.60. The van der Waals surface area contributed by atoms with Crippen LogP contribution in [0.5, 0.6) is 0 Å². The molecule has 5 heteroatoms. The van der Waals surface area contributed by atoms with Gasteiger partial charge in [0.2, 0.25) is 0 Å². The molecule has 96 valence electrons. The van der Waals surface area contributed by atoms with E-state index in [4.69, 9.17) is 4.74 Å². The van der Waals surface area contributed by atoms with Crippen LogP contribution in [0.3, 0.4) is 0 Å². The predicted octanol–water partition coefficient (Wildman–Crippen LogP) is 2.03. The summed E-state index contributed by atoms with van der Waals surface area (Å²) >= 11 is 0. The zero-order chi connectivity index (χ0) is 11.6. The zero-order valence-electron chi connectivity index (χ0n) is 10.7. The third-order valence-corrected chi connectivity index (χ3v) is 2.39. The van der Waals surface area contributed by atoms with E-state index in [1.807, 2.05) is 27.7 Å². The Labute approximate surface area is 104 Å². The molecule has 1 heterocycles. The summed E-state index contributed by atoms with van der Waals surface area (Å²) in [6.45, 7) is 11.3. The first kappa shape index (κ1) is 15.5. The third kappa shape index (κ3) is 4.58. The summed E-state index contributed by atoms with van der Waals surface area (Å²) in [4.78, 5) is 13.6. The van der Waals surface area contributed by atoms with Crippen molar-refractivity contribution >= 4 is 18.5 Å². The van der Waals surface area contributed by atoms with E-state index in [1.54, 1.807) is 4.90 Å². The summed E-state index contributed by atoms with van der Waals surface area (Å²) < 4.78 is 5.36. The number of carbonyl (C=O) groups excluding carboxylic acids is 1. The molecule has 0 saturated carbocycles. The van der Waals surface area contributed by atoms with Gasteiger partial charge >= 0.3 is 6.09 Å². The van der Waals surface area contributed by atoms with Crippen molar-refractivity contribution in [2.45, 2.75) is 52.3 Å². The molecule has 1 saturated heterocycles. The van der Waals surface area contributed by atoms with E-state index in [2.05, 4.69) is 12.2 Å².